The number of carbonyl (C=O) groups excluding carboxylic acids is 1. The lowest BCUT2D eigenvalue weighted by molar-refractivity contribution is -0.120. The number of hydrogen-bond acceptors (Lipinski definition) is 5. The quantitative estimate of drug-likeness (QED) is 0.725. The molecular formula is C13H19N3O2S2. The highest BCUT2D eigenvalue weighted by molar-refractivity contribution is 7.99. The molecule has 7 heteroatoms. The molecule has 0 atom stereocenters. The first-order valence-electron chi connectivity index (χ1n) is 6.58. The number of thioether (sulfide) groups is 1. The predicted molar refractivity (Wildman–Crippen MR) is 83.5 cm³/mol. The van der Waals surface area contributed by atoms with Crippen molar-refractivity contribution in [2.75, 3.05) is 24.7 Å². The van der Waals surface area contributed by atoms with Gasteiger partial charge in [-0.2, -0.15) is 11.8 Å². The molecule has 1 amide bonds. The van der Waals surface area contributed by atoms with Gasteiger partial charge in [-0.05, 0) is 19.1 Å². The Morgan fingerprint density at radius 2 is 2.40 bits per heavy atom. The Bertz CT molecular complexity index is 565. The molecular weight excluding hydrogens is 294 g/mol. The third kappa shape index (κ3) is 4.22. The van der Waals surface area contributed by atoms with Crippen molar-refractivity contribution in [3.05, 3.63) is 23.0 Å². The maximum absolute atomic E-state index is 11.9. The van der Waals surface area contributed by atoms with Gasteiger partial charge in [0, 0.05) is 36.2 Å². The number of nitrogens with one attached hydrogen (secondary N) is 1. The number of hydrogen-bond donors (Lipinski definition) is 2. The van der Waals surface area contributed by atoms with E-state index in [1.54, 1.807) is 23.1 Å². The lowest BCUT2D eigenvalue weighted by Crippen LogP contribution is -2.27. The minimum atomic E-state index is 0.0406. The first-order chi connectivity index (χ1) is 9.70. The predicted octanol–water partition coefficient (Wildman–Crippen LogP) is 1.48. The topological polar surface area (TPSA) is 66.6 Å². The van der Waals surface area contributed by atoms with Gasteiger partial charge in [0.25, 0.3) is 0 Å². The van der Waals surface area contributed by atoms with Crippen LogP contribution >= 0.6 is 23.1 Å². The lowest BCUT2D eigenvalue weighted by atomic mass is 10.3. The molecule has 2 aromatic heterocycles. The lowest BCUT2D eigenvalue weighted by Gasteiger charge is -2.04. The molecule has 0 radical (unpaired) electrons. The maximum Gasteiger partial charge on any atom is 0.226 e. The summed E-state index contributed by atoms with van der Waals surface area (Å²) in [6.07, 6.45) is 3.15. The standard InChI is InChI=1S/C13H19N3O2S2/c1-10-8-16-11(9-20-13(16)15-10)7-12(18)14-3-6-19-5-2-4-17/h8-9,17H,2-7H2,1H3,(H,14,18). The van der Waals surface area contributed by atoms with Gasteiger partial charge in [0.1, 0.15) is 0 Å². The third-order valence-corrected chi connectivity index (χ3v) is 4.72. The summed E-state index contributed by atoms with van der Waals surface area (Å²) in [6.45, 7) is 2.86. The largest absolute Gasteiger partial charge is 0.396 e. The second kappa shape index (κ2) is 7.66. The minimum Gasteiger partial charge on any atom is -0.396 e. The highest BCUT2D eigenvalue weighted by Gasteiger charge is 2.09. The van der Waals surface area contributed by atoms with E-state index in [4.69, 9.17) is 5.11 Å². The minimum absolute atomic E-state index is 0.0406. The molecule has 0 saturated carbocycles. The van der Waals surface area contributed by atoms with E-state index in [1.165, 1.54) is 0 Å². The molecule has 2 aromatic rings. The molecule has 0 aliphatic heterocycles. The second-order valence-electron chi connectivity index (χ2n) is 4.48. The van der Waals surface area contributed by atoms with Crippen molar-refractivity contribution in [1.82, 2.24) is 14.7 Å². The summed E-state index contributed by atoms with van der Waals surface area (Å²) in [6, 6.07) is 0. The highest BCUT2D eigenvalue weighted by Crippen LogP contribution is 2.16. The molecule has 2 rings (SSSR count). The Balaban J connectivity index is 1.74. The fraction of sp³-hybridized carbons (Fsp3) is 0.538. The molecule has 0 fully saturated rings. The van der Waals surface area contributed by atoms with Gasteiger partial charge in [-0.25, -0.2) is 4.98 Å². The van der Waals surface area contributed by atoms with Crippen LogP contribution in [0.15, 0.2) is 11.6 Å². The zero-order chi connectivity index (χ0) is 14.4. The zero-order valence-electron chi connectivity index (χ0n) is 11.5. The van der Waals surface area contributed by atoms with Crippen molar-refractivity contribution >= 4 is 34.0 Å². The fourth-order valence-corrected chi connectivity index (χ4v) is 3.53. The summed E-state index contributed by atoms with van der Waals surface area (Å²) in [5.41, 5.74) is 1.95. The molecule has 2 N–H and O–H groups in total. The SMILES string of the molecule is Cc1cn2c(CC(=O)NCCSCCCO)csc2n1. The number of aryl methyl sites for hydroxylation is 1. The van der Waals surface area contributed by atoms with E-state index in [0.29, 0.717) is 13.0 Å². The van der Waals surface area contributed by atoms with Crippen LogP contribution in [0.25, 0.3) is 4.96 Å². The first-order valence-corrected chi connectivity index (χ1v) is 8.61. The van der Waals surface area contributed by atoms with Gasteiger partial charge in [-0.1, -0.05) is 0 Å². The number of thiazole rings is 1. The van der Waals surface area contributed by atoms with Crippen LogP contribution in [0.4, 0.5) is 0 Å². The molecule has 0 spiro atoms. The van der Waals surface area contributed by atoms with Crippen molar-refractivity contribution in [3.63, 3.8) is 0 Å². The van der Waals surface area contributed by atoms with Crippen LogP contribution in [0.3, 0.4) is 0 Å². The van der Waals surface area contributed by atoms with Crippen LogP contribution in [0.2, 0.25) is 0 Å². The number of carbonyl (C=O) groups is 1. The Hall–Kier alpha value is -1.05. The van der Waals surface area contributed by atoms with Crippen LogP contribution < -0.4 is 5.32 Å². The molecule has 0 saturated heterocycles. The molecule has 110 valence electrons. The van der Waals surface area contributed by atoms with E-state index in [1.807, 2.05) is 22.9 Å². The van der Waals surface area contributed by atoms with Crippen LogP contribution in [-0.2, 0) is 11.2 Å². The Morgan fingerprint density at radius 3 is 3.20 bits per heavy atom. The van der Waals surface area contributed by atoms with Gasteiger partial charge >= 0.3 is 0 Å². The van der Waals surface area contributed by atoms with E-state index in [9.17, 15) is 4.79 Å². The number of amides is 1. The Morgan fingerprint density at radius 1 is 1.55 bits per heavy atom. The van der Waals surface area contributed by atoms with E-state index in [0.717, 1.165) is 34.3 Å². The van der Waals surface area contributed by atoms with Crippen molar-refractivity contribution in [2.24, 2.45) is 0 Å². The number of rotatable bonds is 8. The molecule has 0 aliphatic carbocycles. The van der Waals surface area contributed by atoms with Crippen molar-refractivity contribution in [2.45, 2.75) is 19.8 Å². The Kier molecular flexibility index (Phi) is 5.87. The van der Waals surface area contributed by atoms with Gasteiger partial charge < -0.3 is 10.4 Å². The molecule has 5 nitrogen and oxygen atoms in total. The van der Waals surface area contributed by atoms with Crippen LogP contribution in [0.1, 0.15) is 17.8 Å². The summed E-state index contributed by atoms with van der Waals surface area (Å²) in [4.78, 5) is 17.2. The maximum atomic E-state index is 11.9. The number of imidazole rings is 1. The smallest absolute Gasteiger partial charge is 0.226 e. The number of aliphatic hydroxyl groups excluding tert-OH is 1. The number of aromatic nitrogens is 2. The molecule has 0 unspecified atom stereocenters. The summed E-state index contributed by atoms with van der Waals surface area (Å²) in [5, 5.41) is 13.6. The van der Waals surface area contributed by atoms with Crippen LogP contribution in [-0.4, -0.2) is 45.1 Å². The van der Waals surface area contributed by atoms with Gasteiger partial charge in [0.05, 0.1) is 12.1 Å². The van der Waals surface area contributed by atoms with E-state index in [2.05, 4.69) is 10.3 Å². The van der Waals surface area contributed by atoms with Crippen LogP contribution in [0, 0.1) is 6.92 Å². The van der Waals surface area contributed by atoms with Gasteiger partial charge in [-0.3, -0.25) is 9.20 Å². The first kappa shape index (κ1) is 15.3. The summed E-state index contributed by atoms with van der Waals surface area (Å²) < 4.78 is 1.98. The van der Waals surface area contributed by atoms with E-state index < -0.39 is 0 Å². The Labute approximate surface area is 126 Å². The number of fused-ring (bicyclic) bond motifs is 1. The second-order valence-corrected chi connectivity index (χ2v) is 6.54. The van der Waals surface area contributed by atoms with Gasteiger partial charge in [-0.15, -0.1) is 11.3 Å². The third-order valence-electron chi connectivity index (χ3n) is 2.76. The monoisotopic (exact) mass is 313 g/mol. The molecule has 0 aliphatic rings. The van der Waals surface area contributed by atoms with Gasteiger partial charge in [0.15, 0.2) is 4.96 Å². The number of nitrogens with zero attached hydrogens (tertiary/aromatic N) is 2. The van der Waals surface area contributed by atoms with E-state index in [-0.39, 0.29) is 12.5 Å². The number of aliphatic hydroxyl groups is 1. The summed E-state index contributed by atoms with van der Waals surface area (Å²) in [5.74, 6) is 1.86. The molecule has 20 heavy (non-hydrogen) atoms. The van der Waals surface area contributed by atoms with Crippen LogP contribution in [0.5, 0.6) is 0 Å². The zero-order valence-corrected chi connectivity index (χ0v) is 13.1. The fourth-order valence-electron chi connectivity index (χ4n) is 1.83. The van der Waals surface area contributed by atoms with Crippen molar-refractivity contribution < 1.29 is 9.90 Å². The normalized spacial score (nSPS) is 11.1. The van der Waals surface area contributed by atoms with E-state index >= 15 is 0 Å². The van der Waals surface area contributed by atoms with Crippen molar-refractivity contribution in [1.29, 1.82) is 0 Å². The average molecular weight is 313 g/mol. The highest BCUT2D eigenvalue weighted by atomic mass is 32.2. The average Bonchev–Trinajstić information content (AvgIpc) is 2.94. The molecule has 0 bridgehead atoms. The summed E-state index contributed by atoms with van der Waals surface area (Å²) in [7, 11) is 0. The summed E-state index contributed by atoms with van der Waals surface area (Å²) >= 11 is 3.30. The molecule has 2 heterocycles. The van der Waals surface area contributed by atoms with Gasteiger partial charge in [0.2, 0.25) is 5.91 Å². The van der Waals surface area contributed by atoms with Crippen molar-refractivity contribution in [3.8, 4) is 0 Å². The molecule has 0 aromatic carbocycles.